The van der Waals surface area contributed by atoms with Gasteiger partial charge in [-0.2, -0.15) is 0 Å². The van der Waals surface area contributed by atoms with Crippen LogP contribution in [0.4, 0.5) is 0 Å². The summed E-state index contributed by atoms with van der Waals surface area (Å²) in [6.45, 7) is 1.24. The highest BCUT2D eigenvalue weighted by atomic mass is 35.5. The van der Waals surface area contributed by atoms with Gasteiger partial charge in [-0.05, 0) is 18.0 Å². The average molecular weight is 246 g/mol. The molecule has 0 unspecified atom stereocenters. The van der Waals surface area contributed by atoms with E-state index in [1.54, 1.807) is 11.1 Å². The van der Waals surface area contributed by atoms with Crippen LogP contribution in [0.25, 0.3) is 0 Å². The third-order valence-corrected chi connectivity index (χ3v) is 2.82. The number of halogens is 2. The second-order valence-corrected chi connectivity index (χ2v) is 4.07. The molecule has 1 amide bonds. The van der Waals surface area contributed by atoms with Gasteiger partial charge in [-0.3, -0.25) is 4.79 Å². The van der Waals surface area contributed by atoms with E-state index in [1.807, 2.05) is 0 Å². The highest BCUT2D eigenvalue weighted by Gasteiger charge is 2.21. The molecule has 2 rings (SSSR count). The highest BCUT2D eigenvalue weighted by Crippen LogP contribution is 2.19. The molecule has 1 aromatic rings. The number of amides is 1. The van der Waals surface area contributed by atoms with Crippen molar-refractivity contribution in [3.8, 4) is 0 Å². The molecule has 2 heterocycles. The van der Waals surface area contributed by atoms with Gasteiger partial charge in [0.25, 0.3) is 0 Å². The zero-order valence-electron chi connectivity index (χ0n) is 7.91. The van der Waals surface area contributed by atoms with E-state index in [0.29, 0.717) is 18.1 Å². The van der Waals surface area contributed by atoms with Gasteiger partial charge in [0.05, 0.1) is 6.54 Å². The minimum absolute atomic E-state index is 0.122. The largest absolute Gasteiger partial charge is 0.338 e. The van der Waals surface area contributed by atoms with Gasteiger partial charge in [0.2, 0.25) is 11.2 Å². The molecule has 0 spiro atoms. The monoisotopic (exact) mass is 245 g/mol. The predicted octanol–water partition coefficient (Wildman–Crippen LogP) is 1.91. The fourth-order valence-corrected chi connectivity index (χ4v) is 1.91. The van der Waals surface area contributed by atoms with Crippen molar-refractivity contribution in [1.82, 2.24) is 14.9 Å². The lowest BCUT2D eigenvalue weighted by Gasteiger charge is -2.15. The summed E-state index contributed by atoms with van der Waals surface area (Å²) in [5, 5.41) is 0.436. The van der Waals surface area contributed by atoms with Crippen LogP contribution in [0.3, 0.4) is 0 Å². The Labute approximate surface area is 97.2 Å². The molecule has 0 aliphatic carbocycles. The molecule has 0 radical (unpaired) electrons. The van der Waals surface area contributed by atoms with Gasteiger partial charge in [-0.25, -0.2) is 9.97 Å². The lowest BCUT2D eigenvalue weighted by Crippen LogP contribution is -2.24. The SMILES string of the molecule is O=C1CCCN1Cc1cnc(Cl)nc1Cl. The molecule has 0 atom stereocenters. The van der Waals surface area contributed by atoms with Crippen molar-refractivity contribution in [3.05, 3.63) is 22.2 Å². The molecular weight excluding hydrogens is 237 g/mol. The molecule has 0 N–H and O–H groups in total. The van der Waals surface area contributed by atoms with Crippen LogP contribution in [0, 0.1) is 0 Å². The first kappa shape index (κ1) is 10.6. The van der Waals surface area contributed by atoms with Gasteiger partial charge in [-0.1, -0.05) is 11.6 Å². The van der Waals surface area contributed by atoms with Gasteiger partial charge >= 0.3 is 0 Å². The maximum Gasteiger partial charge on any atom is 0.223 e. The van der Waals surface area contributed by atoms with E-state index >= 15 is 0 Å². The number of rotatable bonds is 2. The Kier molecular flexibility index (Phi) is 3.07. The molecule has 1 aliphatic heterocycles. The van der Waals surface area contributed by atoms with Crippen molar-refractivity contribution < 1.29 is 4.79 Å². The van der Waals surface area contributed by atoms with E-state index in [2.05, 4.69) is 9.97 Å². The van der Waals surface area contributed by atoms with Gasteiger partial charge in [0, 0.05) is 24.7 Å². The summed E-state index contributed by atoms with van der Waals surface area (Å²) in [5.41, 5.74) is 0.733. The van der Waals surface area contributed by atoms with Crippen molar-refractivity contribution in [2.75, 3.05) is 6.54 Å². The third kappa shape index (κ3) is 2.38. The van der Waals surface area contributed by atoms with Crippen LogP contribution in [0.1, 0.15) is 18.4 Å². The standard InChI is InChI=1S/C9H9Cl2N3O/c10-8-6(4-12-9(11)13-8)5-14-3-1-2-7(14)15/h4H,1-3,5H2. The number of hydrogen-bond acceptors (Lipinski definition) is 3. The van der Waals surface area contributed by atoms with Crippen LogP contribution < -0.4 is 0 Å². The third-order valence-electron chi connectivity index (χ3n) is 2.31. The summed E-state index contributed by atoms with van der Waals surface area (Å²) in [4.78, 5) is 20.8. The summed E-state index contributed by atoms with van der Waals surface area (Å²) in [6, 6.07) is 0. The van der Waals surface area contributed by atoms with E-state index in [4.69, 9.17) is 23.2 Å². The van der Waals surface area contributed by atoms with Crippen LogP contribution in [-0.2, 0) is 11.3 Å². The Morgan fingerprint density at radius 1 is 1.47 bits per heavy atom. The highest BCUT2D eigenvalue weighted by molar-refractivity contribution is 6.32. The summed E-state index contributed by atoms with van der Waals surface area (Å²) in [7, 11) is 0. The average Bonchev–Trinajstić information content (AvgIpc) is 2.57. The number of carbonyl (C=O) groups excluding carboxylic acids is 1. The summed E-state index contributed by atoms with van der Waals surface area (Å²) >= 11 is 11.5. The lowest BCUT2D eigenvalue weighted by molar-refractivity contribution is -0.128. The topological polar surface area (TPSA) is 46.1 Å². The first-order valence-electron chi connectivity index (χ1n) is 4.61. The Bertz CT molecular complexity index is 397. The molecule has 1 aliphatic rings. The van der Waals surface area contributed by atoms with Gasteiger partial charge in [0.1, 0.15) is 5.15 Å². The predicted molar refractivity (Wildman–Crippen MR) is 56.7 cm³/mol. The molecule has 80 valence electrons. The van der Waals surface area contributed by atoms with Crippen molar-refractivity contribution >= 4 is 29.1 Å². The molecule has 15 heavy (non-hydrogen) atoms. The van der Waals surface area contributed by atoms with E-state index in [0.717, 1.165) is 18.5 Å². The fraction of sp³-hybridized carbons (Fsp3) is 0.444. The quantitative estimate of drug-likeness (QED) is 0.591. The maximum atomic E-state index is 11.4. The number of nitrogens with zero attached hydrogens (tertiary/aromatic N) is 3. The van der Waals surface area contributed by atoms with Crippen LogP contribution in [0.5, 0.6) is 0 Å². The fourth-order valence-electron chi connectivity index (χ4n) is 1.55. The maximum absolute atomic E-state index is 11.4. The van der Waals surface area contributed by atoms with Crippen LogP contribution in [0.2, 0.25) is 10.4 Å². The molecule has 0 saturated carbocycles. The van der Waals surface area contributed by atoms with Crippen LogP contribution in [0.15, 0.2) is 6.20 Å². The molecule has 1 saturated heterocycles. The first-order chi connectivity index (χ1) is 7.16. The van der Waals surface area contributed by atoms with E-state index < -0.39 is 0 Å². The second-order valence-electron chi connectivity index (χ2n) is 3.37. The summed E-state index contributed by atoms with van der Waals surface area (Å²) in [5.74, 6) is 0.154. The lowest BCUT2D eigenvalue weighted by atomic mass is 10.3. The minimum atomic E-state index is 0.122. The number of likely N-dealkylation sites (tertiary alicyclic amines) is 1. The Morgan fingerprint density at radius 2 is 2.27 bits per heavy atom. The van der Waals surface area contributed by atoms with E-state index in [-0.39, 0.29) is 11.2 Å². The summed E-state index contributed by atoms with van der Waals surface area (Å²) in [6.07, 6.45) is 3.08. The van der Waals surface area contributed by atoms with Gasteiger partial charge in [-0.15, -0.1) is 0 Å². The van der Waals surface area contributed by atoms with Crippen molar-refractivity contribution in [1.29, 1.82) is 0 Å². The van der Waals surface area contributed by atoms with E-state index in [9.17, 15) is 4.79 Å². The molecule has 4 nitrogen and oxygen atoms in total. The van der Waals surface area contributed by atoms with Crippen molar-refractivity contribution in [2.45, 2.75) is 19.4 Å². The van der Waals surface area contributed by atoms with Crippen molar-refractivity contribution in [3.63, 3.8) is 0 Å². The molecular formula is C9H9Cl2N3O. The molecule has 1 fully saturated rings. The molecule has 0 aromatic carbocycles. The van der Waals surface area contributed by atoms with Gasteiger partial charge in [0.15, 0.2) is 0 Å². The molecule has 0 bridgehead atoms. The zero-order valence-corrected chi connectivity index (χ0v) is 9.42. The van der Waals surface area contributed by atoms with Crippen LogP contribution in [-0.4, -0.2) is 27.3 Å². The molecule has 6 heteroatoms. The number of carbonyl (C=O) groups is 1. The first-order valence-corrected chi connectivity index (χ1v) is 5.37. The summed E-state index contributed by atoms with van der Waals surface area (Å²) < 4.78 is 0. The Morgan fingerprint density at radius 3 is 2.87 bits per heavy atom. The van der Waals surface area contributed by atoms with Crippen LogP contribution >= 0.6 is 23.2 Å². The Hall–Kier alpha value is -0.870. The minimum Gasteiger partial charge on any atom is -0.338 e. The normalized spacial score (nSPS) is 16.1. The smallest absolute Gasteiger partial charge is 0.223 e. The van der Waals surface area contributed by atoms with Gasteiger partial charge < -0.3 is 4.90 Å². The molecule has 1 aromatic heterocycles. The second kappa shape index (κ2) is 4.33. The Balaban J connectivity index is 2.13. The zero-order chi connectivity index (χ0) is 10.8. The van der Waals surface area contributed by atoms with Crippen molar-refractivity contribution in [2.24, 2.45) is 0 Å². The van der Waals surface area contributed by atoms with E-state index in [1.165, 1.54) is 0 Å². The number of aromatic nitrogens is 2. The number of hydrogen-bond donors (Lipinski definition) is 0.